The number of halogens is 3. The summed E-state index contributed by atoms with van der Waals surface area (Å²) in [5, 5.41) is 0. The van der Waals surface area contributed by atoms with Crippen molar-refractivity contribution in [1.29, 1.82) is 0 Å². The van der Waals surface area contributed by atoms with Crippen molar-refractivity contribution in [2.45, 2.75) is 37.0 Å². The summed E-state index contributed by atoms with van der Waals surface area (Å²) in [5.74, 6) is 1.32. The van der Waals surface area contributed by atoms with Crippen LogP contribution in [0.1, 0.15) is 33.6 Å². The van der Waals surface area contributed by atoms with Gasteiger partial charge in [0.2, 0.25) is 0 Å². The second-order valence-electron chi connectivity index (χ2n) is 5.69. The van der Waals surface area contributed by atoms with Crippen LogP contribution in [0.2, 0.25) is 0 Å². The Morgan fingerprint density at radius 1 is 1.08 bits per heavy atom. The summed E-state index contributed by atoms with van der Waals surface area (Å²) in [6, 6.07) is 0. The monoisotopic (exact) mass is 300 g/mol. The molecule has 4 rings (SSSR count). The van der Waals surface area contributed by atoms with Gasteiger partial charge in [-0.1, -0.05) is 0 Å². The fraction of sp³-hybridized carbons (Fsp3) is 1.00. The second-order valence-corrected chi connectivity index (χ2v) is 8.88. The first-order valence-corrected chi connectivity index (χ1v) is 7.62. The predicted molar refractivity (Wildman–Crippen MR) is 57.1 cm³/mol. The van der Waals surface area contributed by atoms with Crippen LogP contribution in [-0.4, -0.2) is 3.42 Å². The van der Waals surface area contributed by atoms with E-state index >= 15 is 0 Å². The Hall–Kier alpha value is 0.590. The van der Waals surface area contributed by atoms with E-state index in [4.69, 9.17) is 0 Å². The van der Waals surface area contributed by atoms with Crippen LogP contribution in [-0.2, 0) is 0 Å². The molecule has 2 unspecified atom stereocenters. The first kappa shape index (κ1) is 8.86. The molecule has 0 aromatic rings. The average molecular weight is 300 g/mol. The van der Waals surface area contributed by atoms with Crippen LogP contribution in [0.15, 0.2) is 0 Å². The molecule has 0 saturated heterocycles. The molecule has 4 aliphatic rings. The van der Waals surface area contributed by atoms with Crippen LogP contribution in [0, 0.1) is 22.7 Å². The molecule has 0 aliphatic heterocycles. The minimum absolute atomic E-state index is 0.0658. The van der Waals surface area contributed by atoms with Crippen molar-refractivity contribution in [2.24, 2.45) is 22.7 Å². The van der Waals surface area contributed by atoms with Crippen molar-refractivity contribution in [2.75, 3.05) is 0 Å². The third kappa shape index (κ3) is 0.598. The number of hydrogen-bond acceptors (Lipinski definition) is 0. The van der Waals surface area contributed by atoms with Gasteiger partial charge < -0.3 is 0 Å². The summed E-state index contributed by atoms with van der Waals surface area (Å²) in [5.41, 5.74) is 0.227. The van der Waals surface area contributed by atoms with Crippen molar-refractivity contribution in [1.82, 2.24) is 0 Å². The quantitative estimate of drug-likeness (QED) is 0.505. The molecule has 0 amide bonds. The van der Waals surface area contributed by atoms with Gasteiger partial charge in [-0.05, 0) is 0 Å². The fourth-order valence-corrected chi connectivity index (χ4v) is 7.62. The number of rotatable bonds is 1. The standard InChI is InChI=1S/C10H15F2I/c1-8(2)9(3)6-4-10(8,13(11)12)5-7(6)9/h6-7H,4-5H2,1-3H3. The van der Waals surface area contributed by atoms with Crippen LogP contribution < -0.4 is 0 Å². The molecule has 0 radical (unpaired) electrons. The Labute approximate surface area is 86.4 Å². The van der Waals surface area contributed by atoms with Crippen LogP contribution >= 0.6 is 21.0 Å². The summed E-state index contributed by atoms with van der Waals surface area (Å²) in [7, 11) is 0. The van der Waals surface area contributed by atoms with Gasteiger partial charge in [0, 0.05) is 0 Å². The van der Waals surface area contributed by atoms with Crippen LogP contribution in [0.3, 0.4) is 0 Å². The first-order chi connectivity index (χ1) is 5.88. The molecule has 0 N–H and O–H groups in total. The SMILES string of the molecule is CC12C3CC(I(F)F)(CC31)C2(C)C. The van der Waals surface area contributed by atoms with E-state index in [2.05, 4.69) is 20.8 Å². The zero-order valence-corrected chi connectivity index (χ0v) is 10.4. The summed E-state index contributed by atoms with van der Waals surface area (Å²) in [6.45, 7) is 6.45. The Bertz CT molecular complexity index is 273. The van der Waals surface area contributed by atoms with Crippen LogP contribution in [0.25, 0.3) is 0 Å². The van der Waals surface area contributed by atoms with Gasteiger partial charge in [-0.2, -0.15) is 0 Å². The Morgan fingerprint density at radius 3 is 1.69 bits per heavy atom. The number of alkyl halides is 1. The van der Waals surface area contributed by atoms with Crippen molar-refractivity contribution in [3.05, 3.63) is 0 Å². The van der Waals surface area contributed by atoms with Gasteiger partial charge in [0.1, 0.15) is 0 Å². The average Bonchev–Trinajstić information content (AvgIpc) is 2.42. The van der Waals surface area contributed by atoms with E-state index in [1.807, 2.05) is 0 Å². The topological polar surface area (TPSA) is 0 Å². The van der Waals surface area contributed by atoms with E-state index < -0.39 is 24.4 Å². The molecule has 3 heteroatoms. The number of hydrogen-bond donors (Lipinski definition) is 0. The molecular formula is C10H15F2I. The van der Waals surface area contributed by atoms with Crippen molar-refractivity contribution >= 4 is 21.0 Å². The molecule has 4 aliphatic carbocycles. The zero-order valence-electron chi connectivity index (χ0n) is 8.20. The molecule has 0 nitrogen and oxygen atoms in total. The maximum atomic E-state index is 13.3. The maximum absolute atomic E-state index is 13.3. The summed E-state index contributed by atoms with van der Waals surface area (Å²) < 4.78 is 26.0. The van der Waals surface area contributed by atoms with Gasteiger partial charge in [-0.15, -0.1) is 0 Å². The summed E-state index contributed by atoms with van der Waals surface area (Å²) in [4.78, 5) is 0. The van der Waals surface area contributed by atoms with Gasteiger partial charge in [-0.25, -0.2) is 0 Å². The van der Waals surface area contributed by atoms with E-state index in [0.717, 1.165) is 12.8 Å². The summed E-state index contributed by atoms with van der Waals surface area (Å²) >= 11 is -3.64. The van der Waals surface area contributed by atoms with Gasteiger partial charge >= 0.3 is 86.4 Å². The van der Waals surface area contributed by atoms with E-state index in [-0.39, 0.29) is 5.41 Å². The predicted octanol–water partition coefficient (Wildman–Crippen LogP) is 4.09. The van der Waals surface area contributed by atoms with E-state index in [0.29, 0.717) is 17.3 Å². The normalized spacial score (nSPS) is 61.2. The Morgan fingerprint density at radius 2 is 1.54 bits per heavy atom. The van der Waals surface area contributed by atoms with Gasteiger partial charge in [0.15, 0.2) is 0 Å². The summed E-state index contributed by atoms with van der Waals surface area (Å²) in [6.07, 6.45) is 1.72. The van der Waals surface area contributed by atoms with E-state index in [1.54, 1.807) is 0 Å². The molecule has 4 saturated carbocycles. The molecule has 4 bridgehead atoms. The van der Waals surface area contributed by atoms with Gasteiger partial charge in [-0.3, -0.25) is 0 Å². The molecular weight excluding hydrogens is 285 g/mol. The molecule has 76 valence electrons. The van der Waals surface area contributed by atoms with Crippen molar-refractivity contribution < 1.29 is 5.72 Å². The molecule has 0 aromatic carbocycles. The second kappa shape index (κ2) is 1.93. The zero-order chi connectivity index (χ0) is 9.65. The van der Waals surface area contributed by atoms with E-state index in [1.165, 1.54) is 0 Å². The molecule has 0 aromatic heterocycles. The molecule has 13 heavy (non-hydrogen) atoms. The Balaban J connectivity index is 2.12. The Kier molecular flexibility index (Phi) is 1.32. The van der Waals surface area contributed by atoms with Crippen molar-refractivity contribution in [3.8, 4) is 0 Å². The third-order valence-corrected chi connectivity index (χ3v) is 9.53. The molecule has 0 heterocycles. The van der Waals surface area contributed by atoms with Crippen molar-refractivity contribution in [3.63, 3.8) is 0 Å². The van der Waals surface area contributed by atoms with Gasteiger partial charge in [0.25, 0.3) is 0 Å². The first-order valence-electron chi connectivity index (χ1n) is 4.91. The van der Waals surface area contributed by atoms with Crippen LogP contribution in [0.5, 0.6) is 0 Å². The van der Waals surface area contributed by atoms with Crippen LogP contribution in [0.4, 0.5) is 5.72 Å². The molecule has 0 spiro atoms. The van der Waals surface area contributed by atoms with E-state index in [9.17, 15) is 5.72 Å². The molecule has 2 atom stereocenters. The fourth-order valence-electron chi connectivity index (χ4n) is 4.40. The molecule has 4 fully saturated rings. The minimum atomic E-state index is -3.64. The van der Waals surface area contributed by atoms with Gasteiger partial charge in [0.05, 0.1) is 0 Å². The third-order valence-electron chi connectivity index (χ3n) is 5.74.